The molecule has 2 atom stereocenters. The molecule has 0 bridgehead atoms. The molecule has 0 heterocycles. The van der Waals surface area contributed by atoms with Gasteiger partial charge in [0.15, 0.2) is 0 Å². The molecule has 1 unspecified atom stereocenters. The Morgan fingerprint density at radius 1 is 1.00 bits per heavy atom. The number of carbonyl (C=O) groups is 3. The molecule has 0 spiro atoms. The number of nitrogens with one attached hydrogen (secondary N) is 1. The minimum absolute atomic E-state index is 0.113. The third-order valence-corrected chi connectivity index (χ3v) is 3.39. The van der Waals surface area contributed by atoms with E-state index in [-0.39, 0.29) is 6.42 Å². The van der Waals surface area contributed by atoms with Crippen LogP contribution in [0, 0.1) is 5.92 Å². The van der Waals surface area contributed by atoms with Gasteiger partial charge in [-0.25, -0.2) is 9.59 Å². The van der Waals surface area contributed by atoms with Gasteiger partial charge in [0, 0.05) is 0 Å². The number of hydrogen-bond donors (Lipinski definition) is 1. The van der Waals surface area contributed by atoms with Crippen molar-refractivity contribution in [2.75, 3.05) is 14.2 Å². The van der Waals surface area contributed by atoms with Gasteiger partial charge in [0.25, 0.3) is 0 Å². The highest BCUT2D eigenvalue weighted by Crippen LogP contribution is 2.19. The van der Waals surface area contributed by atoms with Gasteiger partial charge in [-0.05, 0) is 33.6 Å². The van der Waals surface area contributed by atoms with E-state index in [1.165, 1.54) is 14.2 Å². The van der Waals surface area contributed by atoms with Crippen LogP contribution in [0.25, 0.3) is 0 Å². The first-order valence-corrected chi connectivity index (χ1v) is 8.29. The molecule has 7 heteroatoms. The van der Waals surface area contributed by atoms with Crippen LogP contribution in [0.1, 0.15) is 59.8 Å². The number of carbonyl (C=O) groups excluding carboxylic acids is 3. The molecule has 0 saturated heterocycles. The number of rotatable bonds is 9. The van der Waals surface area contributed by atoms with Crippen LogP contribution in [0.4, 0.5) is 4.79 Å². The highest BCUT2D eigenvalue weighted by atomic mass is 16.6. The quantitative estimate of drug-likeness (QED) is 0.392. The molecule has 0 aliphatic heterocycles. The van der Waals surface area contributed by atoms with E-state index in [0.717, 1.165) is 19.3 Å². The summed E-state index contributed by atoms with van der Waals surface area (Å²) in [5.41, 5.74) is -0.687. The van der Waals surface area contributed by atoms with Crippen molar-refractivity contribution in [3.8, 4) is 0 Å². The number of ether oxygens (including phenoxy) is 3. The number of methoxy groups -OCH3 is 2. The van der Waals surface area contributed by atoms with E-state index in [9.17, 15) is 14.4 Å². The summed E-state index contributed by atoms with van der Waals surface area (Å²) in [6.07, 6.45) is 2.82. The smallest absolute Gasteiger partial charge is 0.408 e. The molecule has 24 heavy (non-hydrogen) atoms. The van der Waals surface area contributed by atoms with Gasteiger partial charge in [-0.3, -0.25) is 4.79 Å². The lowest BCUT2D eigenvalue weighted by Gasteiger charge is -2.24. The van der Waals surface area contributed by atoms with Gasteiger partial charge in [0.2, 0.25) is 0 Å². The number of hydrogen-bond acceptors (Lipinski definition) is 6. The van der Waals surface area contributed by atoms with Gasteiger partial charge in [-0.2, -0.15) is 0 Å². The fourth-order valence-electron chi connectivity index (χ4n) is 2.23. The monoisotopic (exact) mass is 345 g/mol. The van der Waals surface area contributed by atoms with Crippen molar-refractivity contribution in [3.63, 3.8) is 0 Å². The molecule has 0 aliphatic rings. The van der Waals surface area contributed by atoms with E-state index in [4.69, 9.17) is 14.2 Å². The van der Waals surface area contributed by atoms with Crippen molar-refractivity contribution in [1.82, 2.24) is 5.32 Å². The fourth-order valence-corrected chi connectivity index (χ4v) is 2.23. The first kappa shape index (κ1) is 22.2. The first-order chi connectivity index (χ1) is 11.1. The zero-order valence-electron chi connectivity index (χ0n) is 15.6. The van der Waals surface area contributed by atoms with Crippen LogP contribution in [0.15, 0.2) is 0 Å². The Labute approximate surface area is 144 Å². The van der Waals surface area contributed by atoms with Gasteiger partial charge >= 0.3 is 18.0 Å². The van der Waals surface area contributed by atoms with Crippen LogP contribution in [-0.4, -0.2) is 43.9 Å². The number of unbranched alkanes of at least 4 members (excludes halogenated alkanes) is 2. The zero-order valence-corrected chi connectivity index (χ0v) is 15.6. The van der Waals surface area contributed by atoms with Crippen molar-refractivity contribution in [3.05, 3.63) is 0 Å². The summed E-state index contributed by atoms with van der Waals surface area (Å²) in [6.45, 7) is 7.24. The Hall–Kier alpha value is -1.79. The van der Waals surface area contributed by atoms with E-state index in [1.807, 2.05) is 0 Å². The van der Waals surface area contributed by atoms with Gasteiger partial charge in [-0.1, -0.05) is 26.2 Å². The molecule has 0 saturated carbocycles. The predicted molar refractivity (Wildman–Crippen MR) is 89.4 cm³/mol. The summed E-state index contributed by atoms with van der Waals surface area (Å²) in [5.74, 6) is -1.50. The van der Waals surface area contributed by atoms with Crippen LogP contribution in [0.2, 0.25) is 0 Å². The molecule has 0 aromatic carbocycles. The van der Waals surface area contributed by atoms with E-state index in [1.54, 1.807) is 20.8 Å². The second-order valence-corrected chi connectivity index (χ2v) is 6.67. The molecule has 7 nitrogen and oxygen atoms in total. The lowest BCUT2D eigenvalue weighted by Crippen LogP contribution is -2.45. The van der Waals surface area contributed by atoms with E-state index in [2.05, 4.69) is 12.2 Å². The lowest BCUT2D eigenvalue weighted by atomic mass is 9.94. The maximum atomic E-state index is 11.9. The summed E-state index contributed by atoms with van der Waals surface area (Å²) in [6, 6.07) is -0.962. The Balaban J connectivity index is 4.96. The van der Waals surface area contributed by atoms with Crippen molar-refractivity contribution < 1.29 is 28.6 Å². The Kier molecular flexibility index (Phi) is 10.1. The minimum Gasteiger partial charge on any atom is -0.469 e. The highest BCUT2D eigenvalue weighted by Gasteiger charge is 2.31. The summed E-state index contributed by atoms with van der Waals surface area (Å²) in [7, 11) is 2.54. The number of esters is 2. The molecule has 140 valence electrons. The van der Waals surface area contributed by atoms with Crippen molar-refractivity contribution in [2.24, 2.45) is 5.92 Å². The van der Waals surface area contributed by atoms with Crippen LogP contribution in [0.5, 0.6) is 0 Å². The fraction of sp³-hybridized carbons (Fsp3) is 0.824. The average molecular weight is 345 g/mol. The zero-order chi connectivity index (χ0) is 18.8. The molecule has 0 fully saturated rings. The molecule has 0 aromatic heterocycles. The Morgan fingerprint density at radius 3 is 2.04 bits per heavy atom. The lowest BCUT2D eigenvalue weighted by molar-refractivity contribution is -0.148. The molecule has 0 aliphatic carbocycles. The molecule has 0 rings (SSSR count). The largest absolute Gasteiger partial charge is 0.469 e. The van der Waals surface area contributed by atoms with Gasteiger partial charge < -0.3 is 19.5 Å². The highest BCUT2D eigenvalue weighted by molar-refractivity contribution is 5.82. The van der Waals surface area contributed by atoms with E-state index >= 15 is 0 Å². The van der Waals surface area contributed by atoms with Crippen LogP contribution < -0.4 is 5.32 Å². The van der Waals surface area contributed by atoms with Gasteiger partial charge in [0.05, 0.1) is 20.1 Å². The number of amides is 1. The minimum atomic E-state index is -0.962. The summed E-state index contributed by atoms with van der Waals surface area (Å²) >= 11 is 0. The first-order valence-electron chi connectivity index (χ1n) is 8.29. The normalized spacial score (nSPS) is 13.6. The van der Waals surface area contributed by atoms with Gasteiger partial charge in [0.1, 0.15) is 11.6 Å². The molecular formula is C17H31NO6. The van der Waals surface area contributed by atoms with Crippen LogP contribution in [0.3, 0.4) is 0 Å². The van der Waals surface area contributed by atoms with Crippen molar-refractivity contribution in [1.29, 1.82) is 0 Å². The third kappa shape index (κ3) is 9.37. The third-order valence-electron chi connectivity index (χ3n) is 3.39. The van der Waals surface area contributed by atoms with Crippen LogP contribution in [-0.2, 0) is 23.8 Å². The van der Waals surface area contributed by atoms with Gasteiger partial charge in [-0.15, -0.1) is 0 Å². The standard InChI is InChI=1S/C17H31NO6/c1-7-8-9-10-12(14(19)22-5)11-13(15(20)23-6)18-16(21)24-17(2,3)4/h12-13H,7-11H2,1-6H3,(H,18,21)/t12-,13?/m0/s1. The maximum absolute atomic E-state index is 11.9. The second kappa shape index (κ2) is 10.9. The molecule has 1 amide bonds. The molecule has 0 aromatic rings. The molecule has 1 N–H and O–H groups in total. The SMILES string of the molecule is CCCCC[C@@H](CC(NC(=O)OC(C)(C)C)C(=O)OC)C(=O)OC. The molecule has 0 radical (unpaired) electrons. The topological polar surface area (TPSA) is 90.9 Å². The van der Waals surface area contributed by atoms with Crippen molar-refractivity contribution in [2.45, 2.75) is 71.4 Å². The predicted octanol–water partition coefficient (Wildman–Crippen LogP) is 2.81. The average Bonchev–Trinajstić information content (AvgIpc) is 2.49. The van der Waals surface area contributed by atoms with E-state index in [0.29, 0.717) is 6.42 Å². The molecular weight excluding hydrogens is 314 g/mol. The summed E-state index contributed by atoms with van der Waals surface area (Å²) in [4.78, 5) is 35.8. The Bertz CT molecular complexity index is 416. The second-order valence-electron chi connectivity index (χ2n) is 6.67. The Morgan fingerprint density at radius 2 is 1.58 bits per heavy atom. The van der Waals surface area contributed by atoms with Crippen molar-refractivity contribution >= 4 is 18.0 Å². The van der Waals surface area contributed by atoms with Crippen LogP contribution >= 0.6 is 0 Å². The number of alkyl carbamates (subject to hydrolysis) is 1. The summed E-state index contributed by atoms with van der Waals surface area (Å²) in [5, 5.41) is 2.48. The van der Waals surface area contributed by atoms with E-state index < -0.39 is 35.6 Å². The maximum Gasteiger partial charge on any atom is 0.408 e. The summed E-state index contributed by atoms with van der Waals surface area (Å²) < 4.78 is 14.7.